The second-order valence-corrected chi connectivity index (χ2v) is 9.97. The number of aromatic nitrogens is 4. The van der Waals surface area contributed by atoms with E-state index in [0.717, 1.165) is 22.8 Å². The predicted octanol–water partition coefficient (Wildman–Crippen LogP) is 3.85. The number of hydrogen-bond acceptors (Lipinski definition) is 8. The summed E-state index contributed by atoms with van der Waals surface area (Å²) in [5.74, 6) is -2.64. The number of aryl methyl sites for hydroxylation is 1. The normalized spacial score (nSPS) is 11.6. The first-order chi connectivity index (χ1) is 16.6. The molecule has 3 aromatic heterocycles. The minimum atomic E-state index is -4.46. The van der Waals surface area contributed by atoms with Crippen LogP contribution in [0, 0.1) is 11.6 Å². The number of rotatable bonds is 6. The minimum Gasteiger partial charge on any atom is -0.480 e. The molecule has 0 aliphatic rings. The Hall–Kier alpha value is -3.29. The Morgan fingerprint density at radius 2 is 1.91 bits per heavy atom. The van der Waals surface area contributed by atoms with Crippen LogP contribution in [0.3, 0.4) is 0 Å². The quantitative estimate of drug-likeness (QED) is 0.290. The maximum Gasteiger partial charge on any atom is 0.267 e. The van der Waals surface area contributed by atoms with Gasteiger partial charge in [0.2, 0.25) is 5.88 Å². The average molecular weight is 540 g/mol. The first kappa shape index (κ1) is 24.8. The van der Waals surface area contributed by atoms with Crippen LogP contribution in [0.5, 0.6) is 5.88 Å². The molecule has 0 radical (unpaired) electrons. The zero-order valence-corrected chi connectivity index (χ0v) is 20.7. The average Bonchev–Trinajstić information content (AvgIpc) is 2.83. The third-order valence-electron chi connectivity index (χ3n) is 4.98. The molecule has 182 valence electrons. The molecule has 35 heavy (non-hydrogen) atoms. The highest BCUT2D eigenvalue weighted by Gasteiger charge is 2.26. The van der Waals surface area contributed by atoms with Gasteiger partial charge in [-0.05, 0) is 30.5 Å². The Morgan fingerprint density at radius 1 is 1.17 bits per heavy atom. The van der Waals surface area contributed by atoms with Crippen LogP contribution in [-0.4, -0.2) is 41.3 Å². The maximum absolute atomic E-state index is 15.5. The lowest BCUT2D eigenvalue weighted by Gasteiger charge is -2.14. The fourth-order valence-electron chi connectivity index (χ4n) is 3.34. The molecule has 1 aromatic carbocycles. The monoisotopic (exact) mass is 539 g/mol. The van der Waals surface area contributed by atoms with E-state index in [0.29, 0.717) is 10.5 Å². The number of sulfonamides is 1. The Labute approximate surface area is 207 Å². The summed E-state index contributed by atoms with van der Waals surface area (Å²) >= 11 is 7.12. The van der Waals surface area contributed by atoms with E-state index < -0.39 is 43.4 Å². The van der Waals surface area contributed by atoms with Crippen molar-refractivity contribution in [3.05, 3.63) is 63.7 Å². The number of anilines is 1. The fraction of sp³-hybridized carbons (Fsp3) is 0.143. The summed E-state index contributed by atoms with van der Waals surface area (Å²) in [7, 11) is -1.85. The van der Waals surface area contributed by atoms with Gasteiger partial charge in [0.1, 0.15) is 11.5 Å². The first-order valence-electron chi connectivity index (χ1n) is 9.69. The highest BCUT2D eigenvalue weighted by molar-refractivity contribution is 7.98. The van der Waals surface area contributed by atoms with Crippen molar-refractivity contribution in [2.24, 2.45) is 7.05 Å². The summed E-state index contributed by atoms with van der Waals surface area (Å²) in [5.41, 5.74) is -2.10. The Kier molecular flexibility index (Phi) is 6.66. The SMILES string of the molecule is COc1ncc(Cl)cc1S(=O)(=O)Nc1ccc(F)c(-c2cc3cnc(SC)nc3n(C)c2=O)c1F. The van der Waals surface area contributed by atoms with Crippen LogP contribution >= 0.6 is 23.4 Å². The number of thioether (sulfide) groups is 1. The molecule has 3 heterocycles. The van der Waals surface area contributed by atoms with Crippen molar-refractivity contribution in [2.45, 2.75) is 10.1 Å². The number of fused-ring (bicyclic) bond motifs is 1. The fourth-order valence-corrected chi connectivity index (χ4v) is 5.10. The van der Waals surface area contributed by atoms with Crippen molar-refractivity contribution in [3.63, 3.8) is 0 Å². The third kappa shape index (κ3) is 4.54. The lowest BCUT2D eigenvalue weighted by Crippen LogP contribution is -2.21. The van der Waals surface area contributed by atoms with E-state index in [2.05, 4.69) is 15.0 Å². The summed E-state index contributed by atoms with van der Waals surface area (Å²) < 4.78 is 64.4. The Bertz CT molecular complexity index is 1650. The van der Waals surface area contributed by atoms with Gasteiger partial charge in [-0.15, -0.1) is 0 Å². The smallest absolute Gasteiger partial charge is 0.267 e. The number of pyridine rings is 2. The third-order valence-corrected chi connectivity index (χ3v) is 7.11. The molecule has 0 unspecified atom stereocenters. The maximum atomic E-state index is 15.5. The number of nitrogens with zero attached hydrogens (tertiary/aromatic N) is 4. The molecule has 4 aromatic rings. The van der Waals surface area contributed by atoms with Gasteiger partial charge in [0.05, 0.1) is 28.9 Å². The van der Waals surface area contributed by atoms with Gasteiger partial charge in [0.25, 0.3) is 15.6 Å². The van der Waals surface area contributed by atoms with E-state index in [1.165, 1.54) is 44.4 Å². The van der Waals surface area contributed by atoms with E-state index in [1.54, 1.807) is 6.26 Å². The van der Waals surface area contributed by atoms with Gasteiger partial charge < -0.3 is 4.74 Å². The molecule has 0 saturated heterocycles. The molecule has 0 aliphatic heterocycles. The van der Waals surface area contributed by atoms with E-state index in [9.17, 15) is 17.6 Å². The van der Waals surface area contributed by atoms with Crippen molar-refractivity contribution >= 4 is 50.1 Å². The first-order valence-corrected chi connectivity index (χ1v) is 12.8. The van der Waals surface area contributed by atoms with Crippen molar-refractivity contribution < 1.29 is 21.9 Å². The zero-order valence-electron chi connectivity index (χ0n) is 18.3. The van der Waals surface area contributed by atoms with Gasteiger partial charge in [0, 0.05) is 24.8 Å². The molecule has 0 atom stereocenters. The van der Waals surface area contributed by atoms with Gasteiger partial charge >= 0.3 is 0 Å². The largest absolute Gasteiger partial charge is 0.480 e. The Morgan fingerprint density at radius 3 is 2.60 bits per heavy atom. The summed E-state index contributed by atoms with van der Waals surface area (Å²) in [4.78, 5) is 24.7. The van der Waals surface area contributed by atoms with Crippen molar-refractivity contribution in [1.82, 2.24) is 19.5 Å². The number of benzene rings is 1. The van der Waals surface area contributed by atoms with Crippen LogP contribution in [0.1, 0.15) is 0 Å². The Balaban J connectivity index is 1.87. The predicted molar refractivity (Wildman–Crippen MR) is 129 cm³/mol. The highest BCUT2D eigenvalue weighted by Crippen LogP contribution is 2.33. The number of nitrogens with one attached hydrogen (secondary N) is 1. The van der Waals surface area contributed by atoms with Crippen LogP contribution in [0.15, 0.2) is 51.5 Å². The molecule has 0 amide bonds. The van der Waals surface area contributed by atoms with E-state index in [-0.39, 0.29) is 22.1 Å². The molecule has 4 rings (SSSR count). The summed E-state index contributed by atoms with van der Waals surface area (Å²) in [6, 6.07) is 4.07. The van der Waals surface area contributed by atoms with Gasteiger partial charge in [-0.1, -0.05) is 23.4 Å². The van der Waals surface area contributed by atoms with Crippen molar-refractivity contribution in [2.75, 3.05) is 18.1 Å². The summed E-state index contributed by atoms with van der Waals surface area (Å²) in [6.07, 6.45) is 4.37. The summed E-state index contributed by atoms with van der Waals surface area (Å²) in [5, 5.41) is 0.775. The van der Waals surface area contributed by atoms with Gasteiger partial charge in [-0.25, -0.2) is 32.2 Å². The van der Waals surface area contributed by atoms with Crippen molar-refractivity contribution in [1.29, 1.82) is 0 Å². The van der Waals surface area contributed by atoms with Gasteiger partial charge in [-0.2, -0.15) is 0 Å². The van der Waals surface area contributed by atoms with E-state index in [4.69, 9.17) is 16.3 Å². The number of hydrogen-bond donors (Lipinski definition) is 1. The molecule has 0 fully saturated rings. The minimum absolute atomic E-state index is 0.00190. The lowest BCUT2D eigenvalue weighted by molar-refractivity contribution is 0.385. The topological polar surface area (TPSA) is 116 Å². The molecule has 0 saturated carbocycles. The molecule has 0 bridgehead atoms. The molecule has 14 heteroatoms. The molecule has 0 spiro atoms. The van der Waals surface area contributed by atoms with Gasteiger partial charge in [-0.3, -0.25) is 14.1 Å². The van der Waals surface area contributed by atoms with Gasteiger partial charge in [0.15, 0.2) is 15.9 Å². The number of halogens is 3. The summed E-state index contributed by atoms with van der Waals surface area (Å²) in [6.45, 7) is 0. The zero-order chi connectivity index (χ0) is 25.5. The molecular weight excluding hydrogens is 524 g/mol. The van der Waals surface area contributed by atoms with E-state index in [1.807, 2.05) is 4.72 Å². The van der Waals surface area contributed by atoms with Crippen LogP contribution in [-0.2, 0) is 17.1 Å². The molecule has 0 aliphatic carbocycles. The lowest BCUT2D eigenvalue weighted by atomic mass is 10.0. The van der Waals surface area contributed by atoms with Crippen LogP contribution in [0.4, 0.5) is 14.5 Å². The van der Waals surface area contributed by atoms with E-state index >= 15 is 4.39 Å². The second kappa shape index (κ2) is 9.40. The standard InChI is InChI=1S/C21H16ClF2N5O4S2/c1-29-18-10(8-26-21(27-18)34-3)6-12(20(29)30)16-13(23)4-5-14(17(16)24)28-35(31,32)15-7-11(22)9-25-19(15)33-2/h4-9,28H,1-3H3. The number of ether oxygens (including phenoxy) is 1. The number of methoxy groups -OCH3 is 1. The van der Waals surface area contributed by atoms with Crippen molar-refractivity contribution in [3.8, 4) is 17.0 Å². The van der Waals surface area contributed by atoms with Crippen LogP contribution in [0.25, 0.3) is 22.2 Å². The molecule has 9 nitrogen and oxygen atoms in total. The highest BCUT2D eigenvalue weighted by atomic mass is 35.5. The van der Waals surface area contributed by atoms with Crippen LogP contribution in [0.2, 0.25) is 5.02 Å². The second-order valence-electron chi connectivity index (χ2n) is 7.11. The molecule has 1 N–H and O–H groups in total. The molecular formula is C21H16ClF2N5O4S2. The van der Waals surface area contributed by atoms with Crippen LogP contribution < -0.4 is 15.0 Å².